The molecular weight excluding hydrogens is 240 g/mol. The summed E-state index contributed by atoms with van der Waals surface area (Å²) in [6.07, 6.45) is 0. The van der Waals surface area contributed by atoms with Crippen LogP contribution in [0.25, 0.3) is 0 Å². The summed E-state index contributed by atoms with van der Waals surface area (Å²) in [5.74, 6) is -0.360. The third kappa shape index (κ3) is 2.15. The van der Waals surface area contributed by atoms with Crippen LogP contribution in [0.5, 0.6) is 0 Å². The van der Waals surface area contributed by atoms with Gasteiger partial charge in [-0.2, -0.15) is 0 Å². The Morgan fingerprint density at radius 3 is 2.32 bits per heavy atom. The van der Waals surface area contributed by atoms with Gasteiger partial charge < -0.3 is 16.2 Å². The molecule has 2 rings (SSSR count). The molecule has 104 valence electrons. The number of rotatable bonds is 4. The van der Waals surface area contributed by atoms with E-state index < -0.39 is 5.97 Å². The first-order valence-corrected chi connectivity index (χ1v) is 6.54. The number of aromatic carboxylic acids is 1. The Hall–Kier alpha value is -1.71. The zero-order valence-electron chi connectivity index (χ0n) is 11.9. The van der Waals surface area contributed by atoms with E-state index >= 15 is 0 Å². The number of benzene rings is 1. The van der Waals surface area contributed by atoms with E-state index in [-0.39, 0.29) is 5.56 Å². The lowest BCUT2D eigenvalue weighted by Crippen LogP contribution is -2.10. The summed E-state index contributed by atoms with van der Waals surface area (Å²) in [7, 11) is 0. The van der Waals surface area contributed by atoms with Crippen molar-refractivity contribution >= 4 is 17.3 Å². The van der Waals surface area contributed by atoms with Crippen LogP contribution in [0.15, 0.2) is 18.2 Å². The van der Waals surface area contributed by atoms with E-state index in [0.717, 1.165) is 12.2 Å². The summed E-state index contributed by atoms with van der Waals surface area (Å²) in [5, 5.41) is 12.2. The van der Waals surface area contributed by atoms with Gasteiger partial charge in [0.05, 0.1) is 16.9 Å². The van der Waals surface area contributed by atoms with E-state index in [1.165, 1.54) is 6.07 Å². The fourth-order valence-electron chi connectivity index (χ4n) is 2.91. The normalized spacial score (nSPS) is 20.0. The minimum absolute atomic E-state index is 0.218. The molecule has 1 aromatic rings. The number of carbonyl (C=O) groups is 1. The number of nitrogen functional groups attached to an aromatic ring is 1. The van der Waals surface area contributed by atoms with Crippen LogP contribution in [0, 0.1) is 16.7 Å². The van der Waals surface area contributed by atoms with Crippen molar-refractivity contribution in [3.63, 3.8) is 0 Å². The molecule has 1 aromatic carbocycles. The van der Waals surface area contributed by atoms with E-state index in [4.69, 9.17) is 10.8 Å². The number of hydrogen-bond donors (Lipinski definition) is 3. The molecule has 1 saturated carbocycles. The molecule has 1 aliphatic rings. The lowest BCUT2D eigenvalue weighted by Gasteiger charge is -2.11. The van der Waals surface area contributed by atoms with Gasteiger partial charge in [-0.3, -0.25) is 0 Å². The van der Waals surface area contributed by atoms with Gasteiger partial charge in [0.15, 0.2) is 0 Å². The van der Waals surface area contributed by atoms with Gasteiger partial charge in [-0.15, -0.1) is 0 Å². The molecule has 0 radical (unpaired) electrons. The molecule has 0 atom stereocenters. The Bertz CT molecular complexity index is 507. The second-order valence-electron chi connectivity index (χ2n) is 6.48. The lowest BCUT2D eigenvalue weighted by molar-refractivity contribution is 0.0697. The molecule has 19 heavy (non-hydrogen) atoms. The molecule has 0 aliphatic heterocycles. The number of nitrogens with two attached hydrogens (primary N) is 1. The van der Waals surface area contributed by atoms with Crippen LogP contribution in [-0.4, -0.2) is 17.6 Å². The first-order chi connectivity index (χ1) is 8.68. The summed E-state index contributed by atoms with van der Waals surface area (Å²) in [6.45, 7) is 9.95. The molecule has 4 nitrogen and oxygen atoms in total. The summed E-state index contributed by atoms with van der Waals surface area (Å²) in [6, 6.07) is 4.80. The van der Waals surface area contributed by atoms with Gasteiger partial charge in [0.25, 0.3) is 0 Å². The number of carboxylic acid groups (broad SMARTS) is 1. The van der Waals surface area contributed by atoms with E-state index in [9.17, 15) is 4.79 Å². The fourth-order valence-corrected chi connectivity index (χ4v) is 2.91. The quantitative estimate of drug-likeness (QED) is 0.729. The van der Waals surface area contributed by atoms with Crippen LogP contribution in [-0.2, 0) is 0 Å². The third-order valence-corrected chi connectivity index (χ3v) is 5.11. The predicted octanol–water partition coefficient (Wildman–Crippen LogP) is 3.06. The molecule has 1 aliphatic carbocycles. The topological polar surface area (TPSA) is 75.3 Å². The zero-order valence-corrected chi connectivity index (χ0v) is 11.9. The molecule has 0 heterocycles. The Labute approximate surface area is 114 Å². The maximum absolute atomic E-state index is 10.8. The van der Waals surface area contributed by atoms with Crippen LogP contribution < -0.4 is 11.1 Å². The van der Waals surface area contributed by atoms with Gasteiger partial charge in [0.1, 0.15) is 0 Å². The van der Waals surface area contributed by atoms with E-state index in [0.29, 0.717) is 22.4 Å². The molecular formula is C15H22N2O2. The predicted molar refractivity (Wildman–Crippen MR) is 77.4 cm³/mol. The molecule has 0 amide bonds. The van der Waals surface area contributed by atoms with Crippen molar-refractivity contribution in [3.8, 4) is 0 Å². The highest BCUT2D eigenvalue weighted by Gasteiger charge is 2.64. The largest absolute Gasteiger partial charge is 0.478 e. The second-order valence-corrected chi connectivity index (χ2v) is 6.48. The van der Waals surface area contributed by atoms with Gasteiger partial charge in [-0.1, -0.05) is 27.7 Å². The van der Waals surface area contributed by atoms with Crippen molar-refractivity contribution < 1.29 is 9.90 Å². The third-order valence-electron chi connectivity index (χ3n) is 5.11. The summed E-state index contributed by atoms with van der Waals surface area (Å²) < 4.78 is 0. The van der Waals surface area contributed by atoms with Crippen LogP contribution in [0.3, 0.4) is 0 Å². The molecule has 1 fully saturated rings. The number of hydrogen-bond acceptors (Lipinski definition) is 3. The monoisotopic (exact) mass is 262 g/mol. The highest BCUT2D eigenvalue weighted by molar-refractivity contribution is 5.90. The maximum Gasteiger partial charge on any atom is 0.335 e. The SMILES string of the molecule is CC1(C)C(CNc2ccc(C(=O)O)cc2N)C1(C)C. The second kappa shape index (κ2) is 4.15. The van der Waals surface area contributed by atoms with Crippen LogP contribution in [0.1, 0.15) is 38.1 Å². The number of anilines is 2. The Morgan fingerprint density at radius 2 is 1.89 bits per heavy atom. The highest BCUT2D eigenvalue weighted by atomic mass is 16.4. The average Bonchev–Trinajstić information content (AvgIpc) is 2.68. The molecule has 4 heteroatoms. The van der Waals surface area contributed by atoms with Gasteiger partial charge in [0, 0.05) is 6.54 Å². The smallest absolute Gasteiger partial charge is 0.335 e. The van der Waals surface area contributed by atoms with E-state index in [2.05, 4.69) is 33.0 Å². The van der Waals surface area contributed by atoms with Crippen LogP contribution in [0.2, 0.25) is 0 Å². The molecule has 0 unspecified atom stereocenters. The first-order valence-electron chi connectivity index (χ1n) is 6.54. The number of nitrogens with one attached hydrogen (secondary N) is 1. The van der Waals surface area contributed by atoms with Crippen molar-refractivity contribution in [1.82, 2.24) is 0 Å². The first kappa shape index (κ1) is 13.7. The summed E-state index contributed by atoms with van der Waals surface area (Å²) in [4.78, 5) is 10.8. The van der Waals surface area contributed by atoms with Crippen LogP contribution in [0.4, 0.5) is 11.4 Å². The van der Waals surface area contributed by atoms with Crippen molar-refractivity contribution in [2.45, 2.75) is 27.7 Å². The highest BCUT2D eigenvalue weighted by Crippen LogP contribution is 2.68. The lowest BCUT2D eigenvalue weighted by atomic mass is 10.0. The minimum atomic E-state index is -0.956. The van der Waals surface area contributed by atoms with Crippen molar-refractivity contribution in [1.29, 1.82) is 0 Å². The minimum Gasteiger partial charge on any atom is -0.478 e. The van der Waals surface area contributed by atoms with Gasteiger partial charge in [-0.25, -0.2) is 4.79 Å². The Kier molecular flexibility index (Phi) is 3.00. The van der Waals surface area contributed by atoms with E-state index in [1.54, 1.807) is 12.1 Å². The van der Waals surface area contributed by atoms with Crippen molar-refractivity contribution in [3.05, 3.63) is 23.8 Å². The zero-order chi connectivity index (χ0) is 14.4. The number of carboxylic acids is 1. The maximum atomic E-state index is 10.8. The molecule has 0 aromatic heterocycles. The van der Waals surface area contributed by atoms with Crippen molar-refractivity contribution in [2.24, 2.45) is 16.7 Å². The standard InChI is InChI=1S/C15H22N2O2/c1-14(2)12(15(14,3)4)8-17-11-6-5-9(13(18)19)7-10(11)16/h5-7,12,17H,8,16H2,1-4H3,(H,18,19). The van der Waals surface area contributed by atoms with Gasteiger partial charge in [0.2, 0.25) is 0 Å². The fraction of sp³-hybridized carbons (Fsp3) is 0.533. The van der Waals surface area contributed by atoms with Crippen molar-refractivity contribution in [2.75, 3.05) is 17.6 Å². The van der Waals surface area contributed by atoms with Gasteiger partial charge in [-0.05, 0) is 34.9 Å². The molecule has 0 saturated heterocycles. The molecule has 4 N–H and O–H groups in total. The summed E-state index contributed by atoms with van der Waals surface area (Å²) in [5.41, 5.74) is 8.04. The molecule has 0 bridgehead atoms. The Balaban J connectivity index is 2.04. The Morgan fingerprint density at radius 1 is 1.32 bits per heavy atom. The molecule has 0 spiro atoms. The summed E-state index contributed by atoms with van der Waals surface area (Å²) >= 11 is 0. The van der Waals surface area contributed by atoms with Crippen LogP contribution >= 0.6 is 0 Å². The average molecular weight is 262 g/mol. The van der Waals surface area contributed by atoms with E-state index in [1.807, 2.05) is 0 Å². The van der Waals surface area contributed by atoms with Gasteiger partial charge >= 0.3 is 5.97 Å².